The van der Waals surface area contributed by atoms with Gasteiger partial charge in [0.2, 0.25) is 0 Å². The van der Waals surface area contributed by atoms with Crippen LogP contribution in [0, 0.1) is 71.2 Å². The van der Waals surface area contributed by atoms with Crippen LogP contribution in [0.25, 0.3) is 0 Å². The third-order valence-corrected chi connectivity index (χ3v) is 4.71. The van der Waals surface area contributed by atoms with Crippen molar-refractivity contribution in [3.05, 3.63) is 41.8 Å². The van der Waals surface area contributed by atoms with Gasteiger partial charge in [-0.15, -0.1) is 0 Å². The molecule has 2 saturated carbocycles. The zero-order chi connectivity index (χ0) is 12.5. The molecule has 2 fully saturated rings. The first-order chi connectivity index (χ1) is 8.72. The molecule has 3 unspecified atom stereocenters. The van der Waals surface area contributed by atoms with Crippen LogP contribution in [-0.4, -0.2) is 0 Å². The van der Waals surface area contributed by atoms with Gasteiger partial charge in [0.05, 0.1) is 0 Å². The minimum atomic E-state index is -0.441. The summed E-state index contributed by atoms with van der Waals surface area (Å²) < 4.78 is 26.5. The molecule has 3 rings (SSSR count). The second-order valence-corrected chi connectivity index (χ2v) is 5.83. The first kappa shape index (κ1) is 15.8. The molecular formula is C16H19F2Pr-. The van der Waals surface area contributed by atoms with Crippen molar-refractivity contribution in [1.82, 2.24) is 0 Å². The zero-order valence-corrected chi connectivity index (χ0v) is 14.8. The molecule has 2 aliphatic rings. The number of hydrogen-bond acceptors (Lipinski definition) is 0. The third kappa shape index (κ3) is 3.75. The molecule has 19 heavy (non-hydrogen) atoms. The number of hydrogen-bond donors (Lipinski definition) is 0. The van der Waals surface area contributed by atoms with Crippen LogP contribution in [0.2, 0.25) is 0 Å². The summed E-state index contributed by atoms with van der Waals surface area (Å²) in [4.78, 5) is 0. The Labute approximate surface area is 147 Å². The summed E-state index contributed by atoms with van der Waals surface area (Å²) >= 11 is 0. The standard InChI is InChI=1S/C16H19F2.Pr/c17-15-8-14(9-16(18)10-15)13-6-5-11-3-1-2-4-12(11)7-13;/h1,8-13H,2-7H2;/q-1;. The van der Waals surface area contributed by atoms with E-state index in [1.165, 1.54) is 37.8 Å². The van der Waals surface area contributed by atoms with Crippen LogP contribution in [0.4, 0.5) is 8.78 Å². The van der Waals surface area contributed by atoms with Crippen LogP contribution < -0.4 is 0 Å². The predicted octanol–water partition coefficient (Wildman–Crippen LogP) is 4.85. The van der Waals surface area contributed by atoms with E-state index < -0.39 is 11.6 Å². The Kier molecular flexibility index (Phi) is 5.78. The largest absolute Gasteiger partial charge is 0.328 e. The van der Waals surface area contributed by atoms with Crippen LogP contribution in [0.3, 0.4) is 0 Å². The molecule has 0 heterocycles. The van der Waals surface area contributed by atoms with Crippen molar-refractivity contribution in [3.8, 4) is 0 Å². The van der Waals surface area contributed by atoms with E-state index in [2.05, 4.69) is 6.42 Å². The zero-order valence-electron chi connectivity index (χ0n) is 11.1. The predicted molar refractivity (Wildman–Crippen MR) is 68.1 cm³/mol. The molecule has 0 N–H and O–H groups in total. The van der Waals surface area contributed by atoms with Crippen molar-refractivity contribution in [2.45, 2.75) is 44.4 Å². The number of fused-ring (bicyclic) bond motifs is 1. The van der Waals surface area contributed by atoms with Crippen molar-refractivity contribution in [1.29, 1.82) is 0 Å². The van der Waals surface area contributed by atoms with Crippen molar-refractivity contribution in [3.63, 3.8) is 0 Å². The summed E-state index contributed by atoms with van der Waals surface area (Å²) in [6, 6.07) is 4.00. The van der Waals surface area contributed by atoms with Gasteiger partial charge in [-0.25, -0.2) is 8.78 Å². The Hall–Kier alpha value is 0.444. The van der Waals surface area contributed by atoms with Gasteiger partial charge in [0.1, 0.15) is 11.6 Å². The van der Waals surface area contributed by atoms with E-state index in [4.69, 9.17) is 0 Å². The van der Waals surface area contributed by atoms with Gasteiger partial charge in [0.15, 0.2) is 0 Å². The van der Waals surface area contributed by atoms with Gasteiger partial charge in [-0.05, 0) is 42.4 Å². The SMILES string of the molecule is Fc1cc(F)cc(C2CCC3C[CH-]CCC3C2)c1.[Pr]. The van der Waals surface area contributed by atoms with Crippen molar-refractivity contribution < 1.29 is 50.1 Å². The Bertz CT molecular complexity index is 413. The third-order valence-electron chi connectivity index (χ3n) is 4.71. The Morgan fingerprint density at radius 2 is 1.68 bits per heavy atom. The van der Waals surface area contributed by atoms with Crippen LogP contribution in [0.15, 0.2) is 18.2 Å². The fourth-order valence-electron chi connectivity index (χ4n) is 3.77. The van der Waals surface area contributed by atoms with E-state index in [-0.39, 0.29) is 41.3 Å². The summed E-state index contributed by atoms with van der Waals surface area (Å²) in [5.74, 6) is 1.07. The minimum absolute atomic E-state index is 0. The van der Waals surface area contributed by atoms with E-state index >= 15 is 0 Å². The van der Waals surface area contributed by atoms with E-state index in [1.54, 1.807) is 0 Å². The van der Waals surface area contributed by atoms with Crippen LogP contribution in [-0.2, 0) is 0 Å². The van der Waals surface area contributed by atoms with E-state index in [1.807, 2.05) is 0 Å². The van der Waals surface area contributed by atoms with E-state index in [9.17, 15) is 8.78 Å². The van der Waals surface area contributed by atoms with Gasteiger partial charge in [-0.2, -0.15) is 12.8 Å². The topological polar surface area (TPSA) is 0 Å². The first-order valence-corrected chi connectivity index (χ1v) is 7.00. The van der Waals surface area contributed by atoms with Crippen LogP contribution >= 0.6 is 0 Å². The molecule has 1 aromatic carbocycles. The quantitative estimate of drug-likeness (QED) is 0.602. The first-order valence-electron chi connectivity index (χ1n) is 7.00. The molecule has 3 atom stereocenters. The number of benzene rings is 1. The molecule has 0 amide bonds. The average molecular weight is 390 g/mol. The molecule has 0 aromatic heterocycles. The van der Waals surface area contributed by atoms with Gasteiger partial charge in [0.25, 0.3) is 0 Å². The number of rotatable bonds is 1. The minimum Gasteiger partial charge on any atom is -0.328 e. The molecule has 0 spiro atoms. The Morgan fingerprint density at radius 1 is 0.947 bits per heavy atom. The average Bonchev–Trinajstić information content (AvgIpc) is 2.37. The maximum Gasteiger partial charge on any atom is 0.126 e. The van der Waals surface area contributed by atoms with Gasteiger partial charge >= 0.3 is 0 Å². The second-order valence-electron chi connectivity index (χ2n) is 5.83. The molecule has 0 nitrogen and oxygen atoms in total. The van der Waals surface area contributed by atoms with E-state index in [0.717, 1.165) is 36.3 Å². The summed E-state index contributed by atoms with van der Waals surface area (Å²) in [6.07, 6.45) is 9.53. The van der Waals surface area contributed by atoms with Crippen molar-refractivity contribution in [2.24, 2.45) is 11.8 Å². The van der Waals surface area contributed by atoms with Gasteiger partial charge in [-0.3, -0.25) is 0 Å². The fourth-order valence-corrected chi connectivity index (χ4v) is 3.77. The van der Waals surface area contributed by atoms with E-state index in [0.29, 0.717) is 5.92 Å². The monoisotopic (exact) mass is 390 g/mol. The van der Waals surface area contributed by atoms with Crippen molar-refractivity contribution >= 4 is 0 Å². The Morgan fingerprint density at radius 3 is 2.42 bits per heavy atom. The molecule has 3 heteroatoms. The maximum atomic E-state index is 13.3. The Balaban J connectivity index is 0.00000133. The normalized spacial score (nSPS) is 30.3. The smallest absolute Gasteiger partial charge is 0.126 e. The van der Waals surface area contributed by atoms with Gasteiger partial charge in [0, 0.05) is 47.4 Å². The van der Waals surface area contributed by atoms with Gasteiger partial charge in [-0.1, -0.05) is 18.8 Å². The molecule has 2 aliphatic carbocycles. The summed E-state index contributed by atoms with van der Waals surface area (Å²) in [6.45, 7) is 0. The molecular weight excluding hydrogens is 371 g/mol. The summed E-state index contributed by atoms with van der Waals surface area (Å²) in [5, 5.41) is 0. The molecule has 0 saturated heterocycles. The number of halogens is 2. The van der Waals surface area contributed by atoms with Crippen molar-refractivity contribution in [2.75, 3.05) is 0 Å². The molecule has 101 valence electrons. The molecule has 1 radical (unpaired) electrons. The van der Waals surface area contributed by atoms with Crippen LogP contribution in [0.1, 0.15) is 50.0 Å². The van der Waals surface area contributed by atoms with Crippen LogP contribution in [0.5, 0.6) is 0 Å². The fraction of sp³-hybridized carbons (Fsp3) is 0.562. The summed E-state index contributed by atoms with van der Waals surface area (Å²) in [7, 11) is 0. The van der Waals surface area contributed by atoms with Gasteiger partial charge < -0.3 is 6.42 Å². The molecule has 1 aromatic rings. The maximum absolute atomic E-state index is 13.3. The molecule has 0 bridgehead atoms. The molecule has 0 aliphatic heterocycles. The summed E-state index contributed by atoms with van der Waals surface area (Å²) in [5.41, 5.74) is 0.862. The second kappa shape index (κ2) is 6.94.